The van der Waals surface area contributed by atoms with Crippen molar-refractivity contribution in [1.82, 2.24) is 9.97 Å². The minimum absolute atomic E-state index is 0.702. The maximum Gasteiger partial charge on any atom is 0.160 e. The van der Waals surface area contributed by atoms with Gasteiger partial charge in [0.15, 0.2) is 5.82 Å². The van der Waals surface area contributed by atoms with Crippen LogP contribution in [-0.4, -0.2) is 9.97 Å². The van der Waals surface area contributed by atoms with Crippen molar-refractivity contribution in [1.29, 1.82) is 0 Å². The summed E-state index contributed by atoms with van der Waals surface area (Å²) in [7, 11) is 0. The average Bonchev–Trinajstić information content (AvgIpc) is 3.64. The van der Waals surface area contributed by atoms with Crippen molar-refractivity contribution < 1.29 is 0 Å². The van der Waals surface area contributed by atoms with Crippen LogP contribution in [0.1, 0.15) is 0 Å². The van der Waals surface area contributed by atoms with E-state index >= 15 is 0 Å². The Hall–Kier alpha value is -6.94. The van der Waals surface area contributed by atoms with E-state index in [2.05, 4.69) is 188 Å². The number of fused-ring (bicyclic) bond motifs is 7. The summed E-state index contributed by atoms with van der Waals surface area (Å²) in [6, 6.07) is 69.9. The van der Waals surface area contributed by atoms with E-state index in [1.165, 1.54) is 58.1 Å². The normalized spacial score (nSPS) is 11.6. The molecule has 0 aliphatic rings. The van der Waals surface area contributed by atoms with E-state index < -0.39 is 0 Å². The third kappa shape index (κ3) is 5.48. The molecule has 0 N–H and O–H groups in total. The number of rotatable bonds is 5. The van der Waals surface area contributed by atoms with Crippen LogP contribution in [-0.2, 0) is 0 Å². The van der Waals surface area contributed by atoms with Crippen LogP contribution in [0.4, 0.5) is 0 Å². The highest BCUT2D eigenvalue weighted by Gasteiger charge is 2.18. The van der Waals surface area contributed by atoms with Gasteiger partial charge in [-0.2, -0.15) is 0 Å². The van der Waals surface area contributed by atoms with Crippen molar-refractivity contribution in [2.24, 2.45) is 0 Å². The number of thiophene rings is 1. The largest absolute Gasteiger partial charge is 0.228 e. The zero-order chi connectivity index (χ0) is 36.3. The number of hydrogen-bond acceptors (Lipinski definition) is 3. The van der Waals surface area contributed by atoms with E-state index in [1.54, 1.807) is 0 Å². The number of hydrogen-bond donors (Lipinski definition) is 0. The molecular weight excluding hydrogens is 685 g/mol. The summed E-state index contributed by atoms with van der Waals surface area (Å²) in [4.78, 5) is 10.7. The minimum atomic E-state index is 0.702. The molecule has 0 spiro atoms. The summed E-state index contributed by atoms with van der Waals surface area (Å²) in [5.74, 6) is 0.702. The Morgan fingerprint density at radius 1 is 0.291 bits per heavy atom. The molecule has 0 aliphatic carbocycles. The Balaban J connectivity index is 1.19. The first-order valence-electron chi connectivity index (χ1n) is 18.6. The number of aromatic nitrogens is 2. The smallest absolute Gasteiger partial charge is 0.160 e. The Labute approximate surface area is 322 Å². The summed E-state index contributed by atoms with van der Waals surface area (Å²) in [6.07, 6.45) is 0. The van der Waals surface area contributed by atoms with E-state index in [9.17, 15) is 0 Å². The van der Waals surface area contributed by atoms with Crippen molar-refractivity contribution in [2.75, 3.05) is 0 Å². The first-order valence-corrected chi connectivity index (χ1v) is 19.5. The SMILES string of the molecule is c1ccc(-c2cc(-c3ccc4sc5ccccc5c4c3)cc(-c3cc(-c4c5ccccc5cc5c4ccc4ccccc45)nc(-c4ccccc4)n3)c2)cc1. The maximum absolute atomic E-state index is 5.39. The second kappa shape index (κ2) is 12.9. The van der Waals surface area contributed by atoms with Gasteiger partial charge >= 0.3 is 0 Å². The molecule has 0 radical (unpaired) electrons. The van der Waals surface area contributed by atoms with Crippen molar-refractivity contribution in [3.05, 3.63) is 194 Å². The van der Waals surface area contributed by atoms with Crippen LogP contribution in [0.15, 0.2) is 194 Å². The van der Waals surface area contributed by atoms with Gasteiger partial charge in [-0.05, 0) is 103 Å². The molecule has 11 aromatic rings. The van der Waals surface area contributed by atoms with Gasteiger partial charge in [-0.1, -0.05) is 146 Å². The van der Waals surface area contributed by atoms with Crippen molar-refractivity contribution in [2.45, 2.75) is 0 Å². The van der Waals surface area contributed by atoms with Crippen molar-refractivity contribution >= 4 is 63.8 Å². The predicted octanol–water partition coefficient (Wildman–Crippen LogP) is 14.6. The van der Waals surface area contributed by atoms with Gasteiger partial charge in [0.1, 0.15) is 0 Å². The standard InChI is InChI=1S/C52H32N2S/c1-3-13-33(14-4-1)38-27-39(36-24-26-50-46(30-36)43-21-11-12-22-49(43)55-50)29-40(28-38)47-32-48(54-52(53-47)35-16-5-2-6-17-35)51-42-20-10-8-18-37(42)31-45-41-19-9-7-15-34(41)23-25-44(45)51/h1-32H. The third-order valence-electron chi connectivity index (χ3n) is 10.8. The molecule has 0 saturated carbocycles. The van der Waals surface area contributed by atoms with Gasteiger partial charge in [0.2, 0.25) is 0 Å². The topological polar surface area (TPSA) is 25.8 Å². The second-order valence-corrected chi connectivity index (χ2v) is 15.2. The number of nitrogens with zero attached hydrogens (tertiary/aromatic N) is 2. The van der Waals surface area contributed by atoms with Gasteiger partial charge in [-0.25, -0.2) is 9.97 Å². The Kier molecular flexibility index (Phi) is 7.39. The van der Waals surface area contributed by atoms with E-state index in [4.69, 9.17) is 9.97 Å². The number of benzene rings is 9. The highest BCUT2D eigenvalue weighted by atomic mass is 32.1. The van der Waals surface area contributed by atoms with Crippen LogP contribution in [0.3, 0.4) is 0 Å². The summed E-state index contributed by atoms with van der Waals surface area (Å²) in [6.45, 7) is 0. The lowest BCUT2D eigenvalue weighted by atomic mass is 9.90. The molecule has 2 aromatic heterocycles. The van der Waals surface area contributed by atoms with E-state index in [1.807, 2.05) is 17.4 Å². The third-order valence-corrected chi connectivity index (χ3v) is 12.0. The summed E-state index contributed by atoms with van der Waals surface area (Å²) in [5.41, 5.74) is 9.57. The Morgan fingerprint density at radius 2 is 0.909 bits per heavy atom. The highest BCUT2D eigenvalue weighted by Crippen LogP contribution is 2.42. The Morgan fingerprint density at radius 3 is 1.73 bits per heavy atom. The fraction of sp³-hybridized carbons (Fsp3) is 0. The van der Waals surface area contributed by atoms with Gasteiger partial charge in [-0.15, -0.1) is 11.3 Å². The molecule has 256 valence electrons. The van der Waals surface area contributed by atoms with Crippen LogP contribution in [0.5, 0.6) is 0 Å². The monoisotopic (exact) mass is 716 g/mol. The minimum Gasteiger partial charge on any atom is -0.228 e. The quantitative estimate of drug-likeness (QED) is 0.131. The van der Waals surface area contributed by atoms with E-state index in [0.717, 1.165) is 44.8 Å². The molecule has 0 unspecified atom stereocenters. The zero-order valence-electron chi connectivity index (χ0n) is 29.8. The molecule has 3 heteroatoms. The van der Waals surface area contributed by atoms with Gasteiger partial charge in [0.25, 0.3) is 0 Å². The molecule has 0 saturated heterocycles. The summed E-state index contributed by atoms with van der Waals surface area (Å²) < 4.78 is 2.61. The molecule has 11 rings (SSSR count). The van der Waals surface area contributed by atoms with Gasteiger partial charge in [0, 0.05) is 36.9 Å². The van der Waals surface area contributed by atoms with Crippen molar-refractivity contribution in [3.8, 4) is 56.2 Å². The van der Waals surface area contributed by atoms with Gasteiger partial charge in [0.05, 0.1) is 11.4 Å². The average molecular weight is 717 g/mol. The molecule has 2 heterocycles. The molecule has 0 bridgehead atoms. The van der Waals surface area contributed by atoms with Crippen LogP contribution in [0, 0.1) is 0 Å². The van der Waals surface area contributed by atoms with E-state index in [0.29, 0.717) is 5.82 Å². The van der Waals surface area contributed by atoms with Crippen molar-refractivity contribution in [3.63, 3.8) is 0 Å². The molecule has 2 nitrogen and oxygen atoms in total. The van der Waals surface area contributed by atoms with Crippen LogP contribution in [0.2, 0.25) is 0 Å². The first kappa shape index (κ1) is 31.6. The molecular formula is C52H32N2S. The van der Waals surface area contributed by atoms with Gasteiger partial charge < -0.3 is 0 Å². The molecule has 0 atom stereocenters. The fourth-order valence-corrected chi connectivity index (χ4v) is 9.27. The molecule has 0 aliphatic heterocycles. The first-order chi connectivity index (χ1) is 27.2. The lowest BCUT2D eigenvalue weighted by Gasteiger charge is -2.16. The fourth-order valence-electron chi connectivity index (χ4n) is 8.18. The lowest BCUT2D eigenvalue weighted by molar-refractivity contribution is 1.19. The predicted molar refractivity (Wildman–Crippen MR) is 235 cm³/mol. The highest BCUT2D eigenvalue weighted by molar-refractivity contribution is 7.25. The summed E-state index contributed by atoms with van der Waals surface area (Å²) in [5, 5.41) is 9.80. The Bertz CT molecular complexity index is 3250. The molecule has 0 fully saturated rings. The van der Waals surface area contributed by atoms with Crippen LogP contribution in [0.25, 0.3) is 109 Å². The summed E-state index contributed by atoms with van der Waals surface area (Å²) >= 11 is 1.85. The molecule has 0 amide bonds. The molecule has 55 heavy (non-hydrogen) atoms. The second-order valence-electron chi connectivity index (χ2n) is 14.2. The lowest BCUT2D eigenvalue weighted by Crippen LogP contribution is -1.98. The maximum atomic E-state index is 5.39. The van der Waals surface area contributed by atoms with Crippen LogP contribution >= 0.6 is 11.3 Å². The van der Waals surface area contributed by atoms with Crippen LogP contribution < -0.4 is 0 Å². The molecule has 9 aromatic carbocycles. The zero-order valence-corrected chi connectivity index (χ0v) is 30.6. The van der Waals surface area contributed by atoms with Gasteiger partial charge in [-0.3, -0.25) is 0 Å². The van der Waals surface area contributed by atoms with E-state index in [-0.39, 0.29) is 0 Å².